The normalized spacial score (nSPS) is 14.3. The summed E-state index contributed by atoms with van der Waals surface area (Å²) in [5.41, 5.74) is 1.81. The van der Waals surface area contributed by atoms with Crippen LogP contribution in [-0.4, -0.2) is 25.5 Å². The Morgan fingerprint density at radius 3 is 2.62 bits per heavy atom. The fraction of sp³-hybridized carbons (Fsp3) is 0.192. The van der Waals surface area contributed by atoms with Crippen LogP contribution in [0.2, 0.25) is 5.02 Å². The number of nitrogens with zero attached hydrogens (tertiary/aromatic N) is 2. The van der Waals surface area contributed by atoms with E-state index in [1.54, 1.807) is 35.3 Å². The maximum Gasteiger partial charge on any atom is 0.276 e. The second-order valence-electron chi connectivity index (χ2n) is 8.58. The molecule has 0 saturated heterocycles. The summed E-state index contributed by atoms with van der Waals surface area (Å²) in [6.45, 7) is 0. The number of carbonyl (C=O) groups is 1. The van der Waals surface area contributed by atoms with E-state index in [9.17, 15) is 9.59 Å². The number of ether oxygens (including phenoxy) is 1. The van der Waals surface area contributed by atoms with Gasteiger partial charge >= 0.3 is 0 Å². The van der Waals surface area contributed by atoms with Crippen molar-refractivity contribution in [2.24, 2.45) is 0 Å². The van der Waals surface area contributed by atoms with Crippen LogP contribution in [0.25, 0.3) is 21.9 Å². The molecular formula is C26H21ClN4O3. The monoisotopic (exact) mass is 472 g/mol. The van der Waals surface area contributed by atoms with Crippen molar-refractivity contribution in [3.8, 4) is 11.5 Å². The second kappa shape index (κ2) is 8.18. The number of fused-ring (bicyclic) bond motifs is 3. The van der Waals surface area contributed by atoms with E-state index in [0.29, 0.717) is 44.6 Å². The van der Waals surface area contributed by atoms with Crippen LogP contribution in [0.15, 0.2) is 65.7 Å². The Morgan fingerprint density at radius 1 is 1.06 bits per heavy atom. The lowest BCUT2D eigenvalue weighted by atomic mass is 10.0. The number of aromatic nitrogens is 4. The number of H-pyrrole nitrogens is 2. The van der Waals surface area contributed by atoms with Crippen molar-refractivity contribution in [1.82, 2.24) is 19.7 Å². The number of aromatic amines is 2. The van der Waals surface area contributed by atoms with E-state index in [2.05, 4.69) is 15.1 Å². The molecule has 7 nitrogen and oxygen atoms in total. The molecule has 1 aliphatic rings. The average molecular weight is 473 g/mol. The van der Waals surface area contributed by atoms with Crippen LogP contribution in [0.1, 0.15) is 47.6 Å². The number of halogens is 1. The summed E-state index contributed by atoms with van der Waals surface area (Å²) in [7, 11) is 0. The third-order valence-electron chi connectivity index (χ3n) is 6.48. The third kappa shape index (κ3) is 3.40. The zero-order chi connectivity index (χ0) is 23.2. The van der Waals surface area contributed by atoms with Gasteiger partial charge in [-0.15, -0.1) is 0 Å². The Balaban J connectivity index is 1.41. The number of hydrogen-bond acceptors (Lipinski definition) is 4. The van der Waals surface area contributed by atoms with Gasteiger partial charge in [-0.1, -0.05) is 42.6 Å². The molecule has 0 bridgehead atoms. The van der Waals surface area contributed by atoms with Crippen LogP contribution in [-0.2, 0) is 0 Å². The SMILES string of the molecule is O=C(c1ccc(Oc2ccccc2)cc1Cl)c1c[nH]c2ncc3c(=O)n(C4CCCC4)[nH]c3c12. The van der Waals surface area contributed by atoms with Gasteiger partial charge in [0, 0.05) is 24.0 Å². The van der Waals surface area contributed by atoms with E-state index in [1.807, 2.05) is 30.3 Å². The molecule has 2 N–H and O–H groups in total. The standard InChI is InChI=1S/C26H21ClN4O3/c27-21-12-17(34-16-8-2-1-3-9-16)10-11-18(21)24(32)19-13-28-25-22(19)23-20(14-29-25)26(33)31(30-23)15-6-4-5-7-15/h1-3,8-15,30H,4-7H2,(H,28,29). The molecule has 6 rings (SSSR count). The Kier molecular flexibility index (Phi) is 4.99. The lowest BCUT2D eigenvalue weighted by Gasteiger charge is -2.09. The first-order chi connectivity index (χ1) is 16.6. The predicted molar refractivity (Wildman–Crippen MR) is 131 cm³/mol. The molecule has 0 atom stereocenters. The van der Waals surface area contributed by atoms with E-state index in [4.69, 9.17) is 16.3 Å². The molecular weight excluding hydrogens is 452 g/mol. The molecule has 0 amide bonds. The second-order valence-corrected chi connectivity index (χ2v) is 8.99. The van der Waals surface area contributed by atoms with Gasteiger partial charge in [0.15, 0.2) is 5.78 Å². The summed E-state index contributed by atoms with van der Waals surface area (Å²) >= 11 is 6.50. The third-order valence-corrected chi connectivity index (χ3v) is 6.79. The molecule has 3 aromatic heterocycles. The van der Waals surface area contributed by atoms with Crippen LogP contribution in [0.4, 0.5) is 0 Å². The average Bonchev–Trinajstić information content (AvgIpc) is 3.58. The molecule has 0 spiro atoms. The first kappa shape index (κ1) is 20.7. The number of para-hydroxylation sites is 1. The topological polar surface area (TPSA) is 92.8 Å². The number of rotatable bonds is 5. The summed E-state index contributed by atoms with van der Waals surface area (Å²) in [6.07, 6.45) is 7.34. The van der Waals surface area contributed by atoms with E-state index >= 15 is 0 Å². The zero-order valence-electron chi connectivity index (χ0n) is 18.2. The van der Waals surface area contributed by atoms with Gasteiger partial charge in [0.2, 0.25) is 0 Å². The molecule has 34 heavy (non-hydrogen) atoms. The molecule has 0 unspecified atom stereocenters. The number of hydrogen-bond donors (Lipinski definition) is 2. The molecule has 1 aliphatic carbocycles. The van der Waals surface area contributed by atoms with Crippen LogP contribution in [0.3, 0.4) is 0 Å². The van der Waals surface area contributed by atoms with Crippen molar-refractivity contribution >= 4 is 39.3 Å². The van der Waals surface area contributed by atoms with Gasteiger partial charge in [0.05, 0.1) is 32.9 Å². The first-order valence-electron chi connectivity index (χ1n) is 11.3. The summed E-state index contributed by atoms with van der Waals surface area (Å²) < 4.78 is 7.52. The van der Waals surface area contributed by atoms with E-state index in [1.165, 1.54) is 0 Å². The van der Waals surface area contributed by atoms with Crippen LogP contribution in [0.5, 0.6) is 11.5 Å². The highest BCUT2D eigenvalue weighted by atomic mass is 35.5. The highest BCUT2D eigenvalue weighted by Crippen LogP contribution is 2.33. The van der Waals surface area contributed by atoms with Crippen LogP contribution < -0.4 is 10.3 Å². The fourth-order valence-electron chi connectivity index (χ4n) is 4.79. The quantitative estimate of drug-likeness (QED) is 0.307. The number of nitrogens with one attached hydrogen (secondary N) is 2. The number of carbonyl (C=O) groups excluding carboxylic acids is 1. The lowest BCUT2D eigenvalue weighted by molar-refractivity contribution is 0.104. The first-order valence-corrected chi connectivity index (χ1v) is 11.7. The zero-order valence-corrected chi connectivity index (χ0v) is 18.9. The summed E-state index contributed by atoms with van der Waals surface area (Å²) in [5.74, 6) is 0.957. The molecule has 170 valence electrons. The number of benzene rings is 2. The highest BCUT2D eigenvalue weighted by Gasteiger charge is 2.25. The van der Waals surface area contributed by atoms with Crippen LogP contribution in [0, 0.1) is 0 Å². The van der Waals surface area contributed by atoms with Gasteiger partial charge in [0.1, 0.15) is 17.1 Å². The maximum atomic E-state index is 13.5. The van der Waals surface area contributed by atoms with E-state index in [-0.39, 0.29) is 22.4 Å². The lowest BCUT2D eigenvalue weighted by Crippen LogP contribution is -2.20. The molecule has 0 aliphatic heterocycles. The molecule has 1 fully saturated rings. The Labute approximate surface area is 199 Å². The molecule has 0 radical (unpaired) electrons. The smallest absolute Gasteiger partial charge is 0.276 e. The molecule has 8 heteroatoms. The molecule has 5 aromatic rings. The van der Waals surface area contributed by atoms with Crippen LogP contribution >= 0.6 is 11.6 Å². The number of pyridine rings is 1. The molecule has 1 saturated carbocycles. The summed E-state index contributed by atoms with van der Waals surface area (Å²) in [4.78, 5) is 34.0. The Morgan fingerprint density at radius 2 is 1.85 bits per heavy atom. The van der Waals surface area contributed by atoms with Crippen molar-refractivity contribution in [2.75, 3.05) is 0 Å². The van der Waals surface area contributed by atoms with E-state index < -0.39 is 0 Å². The summed E-state index contributed by atoms with van der Waals surface area (Å²) in [6, 6.07) is 14.5. The van der Waals surface area contributed by atoms with Crippen molar-refractivity contribution in [3.05, 3.63) is 87.4 Å². The fourth-order valence-corrected chi connectivity index (χ4v) is 5.04. The maximum absolute atomic E-state index is 13.5. The molecule has 2 aromatic carbocycles. The largest absolute Gasteiger partial charge is 0.457 e. The summed E-state index contributed by atoms with van der Waals surface area (Å²) in [5, 5.41) is 4.63. The predicted octanol–water partition coefficient (Wildman–Crippen LogP) is 6.00. The van der Waals surface area contributed by atoms with Crippen molar-refractivity contribution in [3.63, 3.8) is 0 Å². The van der Waals surface area contributed by atoms with Gasteiger partial charge in [0.25, 0.3) is 5.56 Å². The minimum atomic E-state index is -0.258. The van der Waals surface area contributed by atoms with Gasteiger partial charge in [-0.05, 0) is 37.1 Å². The van der Waals surface area contributed by atoms with Gasteiger partial charge in [-0.3, -0.25) is 14.7 Å². The van der Waals surface area contributed by atoms with Crippen molar-refractivity contribution in [1.29, 1.82) is 0 Å². The Bertz CT molecular complexity index is 1590. The van der Waals surface area contributed by atoms with Gasteiger partial charge in [-0.25, -0.2) is 9.67 Å². The van der Waals surface area contributed by atoms with Crippen molar-refractivity contribution < 1.29 is 9.53 Å². The van der Waals surface area contributed by atoms with Crippen molar-refractivity contribution in [2.45, 2.75) is 31.7 Å². The minimum absolute atomic E-state index is 0.101. The molecule has 3 heterocycles. The number of ketones is 1. The Hall–Kier alpha value is -3.84. The van der Waals surface area contributed by atoms with Gasteiger partial charge in [-0.2, -0.15) is 0 Å². The minimum Gasteiger partial charge on any atom is -0.457 e. The highest BCUT2D eigenvalue weighted by molar-refractivity contribution is 6.36. The van der Waals surface area contributed by atoms with E-state index in [0.717, 1.165) is 25.7 Å². The van der Waals surface area contributed by atoms with Gasteiger partial charge < -0.3 is 9.72 Å².